The maximum atomic E-state index is 13.6. The number of carbonyl (C=O) groups excluding carboxylic acids is 1. The number of carbonyl (C=O) groups is 1. The predicted octanol–water partition coefficient (Wildman–Crippen LogP) is 4.99. The SMILES string of the molecule is O=C(Nc1cn(-c2ccc(=S)[nH]c2)nc1C(F)F)c1coc(-c2ccnc(NCC3CC3)c2)n1. The predicted molar refractivity (Wildman–Crippen MR) is 123 cm³/mol. The number of nitrogens with one attached hydrogen (secondary N) is 3. The Balaban J connectivity index is 1.33. The zero-order chi connectivity index (χ0) is 23.7. The first kappa shape index (κ1) is 21.9. The first-order valence-corrected chi connectivity index (χ1v) is 10.9. The van der Waals surface area contributed by atoms with Gasteiger partial charge in [0.2, 0.25) is 5.89 Å². The van der Waals surface area contributed by atoms with Gasteiger partial charge in [-0.3, -0.25) is 4.79 Å². The number of aromatic amines is 1. The third kappa shape index (κ3) is 4.86. The summed E-state index contributed by atoms with van der Waals surface area (Å²) in [5.74, 6) is 0.879. The fraction of sp³-hybridized carbons (Fsp3) is 0.227. The molecule has 1 aliphatic carbocycles. The molecule has 0 unspecified atom stereocenters. The maximum absolute atomic E-state index is 13.6. The van der Waals surface area contributed by atoms with Crippen LogP contribution < -0.4 is 10.6 Å². The lowest BCUT2D eigenvalue weighted by Gasteiger charge is -2.04. The molecule has 1 aliphatic rings. The van der Waals surface area contributed by atoms with Crippen LogP contribution in [0.5, 0.6) is 0 Å². The lowest BCUT2D eigenvalue weighted by atomic mass is 10.2. The van der Waals surface area contributed by atoms with Gasteiger partial charge in [0.1, 0.15) is 16.7 Å². The third-order valence-electron chi connectivity index (χ3n) is 5.24. The van der Waals surface area contributed by atoms with Crippen LogP contribution in [0.3, 0.4) is 0 Å². The number of halogens is 2. The van der Waals surface area contributed by atoms with Crippen molar-refractivity contribution in [2.24, 2.45) is 5.92 Å². The van der Waals surface area contributed by atoms with E-state index in [0.717, 1.165) is 6.54 Å². The molecule has 0 atom stereocenters. The summed E-state index contributed by atoms with van der Waals surface area (Å²) >= 11 is 4.99. The zero-order valence-electron chi connectivity index (χ0n) is 17.7. The molecule has 1 saturated carbocycles. The minimum Gasteiger partial charge on any atom is -0.444 e. The van der Waals surface area contributed by atoms with Crippen LogP contribution in [-0.4, -0.2) is 37.2 Å². The molecule has 3 N–H and O–H groups in total. The molecule has 4 aromatic heterocycles. The van der Waals surface area contributed by atoms with Crippen molar-refractivity contribution in [3.63, 3.8) is 0 Å². The largest absolute Gasteiger partial charge is 0.444 e. The minimum absolute atomic E-state index is 0.0592. The molecule has 4 aromatic rings. The van der Waals surface area contributed by atoms with E-state index in [-0.39, 0.29) is 17.3 Å². The summed E-state index contributed by atoms with van der Waals surface area (Å²) in [6.07, 6.45) is 5.16. The molecule has 0 saturated heterocycles. The molecule has 1 amide bonds. The standard InChI is InChI=1S/C22H19F2N7O2S/c23-20(24)19-15(10-31(30-19)14-3-4-18(34)27-9-14)28-21(32)16-11-33-22(29-16)13-5-6-25-17(7-13)26-8-12-1-2-12/h3-7,9-12,20H,1-2,8H2,(H,25,26)(H,27,34)(H,28,32). The molecule has 34 heavy (non-hydrogen) atoms. The number of oxazole rings is 1. The summed E-state index contributed by atoms with van der Waals surface area (Å²) in [5.41, 5.74) is 0.344. The minimum atomic E-state index is -2.90. The highest BCUT2D eigenvalue weighted by Crippen LogP contribution is 2.30. The van der Waals surface area contributed by atoms with Crippen molar-refractivity contribution in [2.75, 3.05) is 17.2 Å². The smallest absolute Gasteiger partial charge is 0.284 e. The van der Waals surface area contributed by atoms with E-state index in [9.17, 15) is 13.6 Å². The quantitative estimate of drug-likeness (QED) is 0.303. The Morgan fingerprint density at radius 1 is 1.32 bits per heavy atom. The van der Waals surface area contributed by atoms with Crippen LogP contribution in [0.25, 0.3) is 17.1 Å². The van der Waals surface area contributed by atoms with Gasteiger partial charge in [0.15, 0.2) is 11.4 Å². The van der Waals surface area contributed by atoms with Gasteiger partial charge in [-0.25, -0.2) is 23.4 Å². The van der Waals surface area contributed by atoms with Crippen molar-refractivity contribution in [1.82, 2.24) is 24.7 Å². The van der Waals surface area contributed by atoms with Gasteiger partial charge in [-0.1, -0.05) is 12.2 Å². The van der Waals surface area contributed by atoms with Crippen LogP contribution in [-0.2, 0) is 0 Å². The van der Waals surface area contributed by atoms with E-state index in [1.807, 2.05) is 0 Å². The highest BCUT2D eigenvalue weighted by Gasteiger charge is 2.23. The van der Waals surface area contributed by atoms with Gasteiger partial charge >= 0.3 is 0 Å². The Kier molecular flexibility index (Phi) is 5.88. The summed E-state index contributed by atoms with van der Waals surface area (Å²) in [6.45, 7) is 0.852. The van der Waals surface area contributed by atoms with E-state index in [0.29, 0.717) is 27.6 Å². The molecule has 0 radical (unpaired) electrons. The number of alkyl halides is 2. The molecule has 0 aromatic carbocycles. The molecule has 0 aliphatic heterocycles. The summed E-state index contributed by atoms with van der Waals surface area (Å²) in [7, 11) is 0. The lowest BCUT2D eigenvalue weighted by molar-refractivity contribution is 0.102. The van der Waals surface area contributed by atoms with Gasteiger partial charge in [0, 0.05) is 24.5 Å². The lowest BCUT2D eigenvalue weighted by Crippen LogP contribution is -2.13. The first-order valence-electron chi connectivity index (χ1n) is 10.5. The van der Waals surface area contributed by atoms with E-state index in [2.05, 4.69) is 30.7 Å². The van der Waals surface area contributed by atoms with Gasteiger partial charge in [0.05, 0.1) is 17.6 Å². The van der Waals surface area contributed by atoms with E-state index >= 15 is 0 Å². The highest BCUT2D eigenvalue weighted by molar-refractivity contribution is 7.71. The average Bonchev–Trinajstić information content (AvgIpc) is 3.35. The number of rotatable bonds is 8. The monoisotopic (exact) mass is 483 g/mol. The van der Waals surface area contributed by atoms with E-state index in [1.165, 1.54) is 36.2 Å². The Hall–Kier alpha value is -3.93. The Labute approximate surface area is 197 Å². The molecule has 0 bridgehead atoms. The molecule has 12 heteroatoms. The van der Waals surface area contributed by atoms with Crippen LogP contribution in [0.4, 0.5) is 20.3 Å². The van der Waals surface area contributed by atoms with Crippen LogP contribution >= 0.6 is 12.2 Å². The van der Waals surface area contributed by atoms with E-state index in [4.69, 9.17) is 16.6 Å². The normalized spacial score (nSPS) is 13.3. The second kappa shape index (κ2) is 9.14. The number of aromatic nitrogens is 5. The van der Waals surface area contributed by atoms with Gasteiger partial charge in [-0.2, -0.15) is 5.10 Å². The van der Waals surface area contributed by atoms with Crippen molar-refractivity contribution in [3.8, 4) is 17.1 Å². The van der Waals surface area contributed by atoms with Crippen molar-refractivity contribution in [2.45, 2.75) is 19.3 Å². The Morgan fingerprint density at radius 3 is 2.91 bits per heavy atom. The van der Waals surface area contributed by atoms with Gasteiger partial charge in [0.25, 0.3) is 12.3 Å². The maximum Gasteiger partial charge on any atom is 0.284 e. The number of pyridine rings is 2. The van der Waals surface area contributed by atoms with Crippen molar-refractivity contribution < 1.29 is 18.0 Å². The Bertz CT molecular complexity index is 1370. The van der Waals surface area contributed by atoms with Crippen LogP contribution in [0.1, 0.15) is 35.4 Å². The molecule has 4 heterocycles. The van der Waals surface area contributed by atoms with Gasteiger partial charge in [-0.15, -0.1) is 0 Å². The van der Waals surface area contributed by atoms with Crippen molar-refractivity contribution in [1.29, 1.82) is 0 Å². The molecule has 1 fully saturated rings. The summed E-state index contributed by atoms with van der Waals surface area (Å²) < 4.78 is 34.3. The second-order valence-corrected chi connectivity index (χ2v) is 8.27. The number of hydrogen-bond donors (Lipinski definition) is 3. The Morgan fingerprint density at radius 2 is 2.18 bits per heavy atom. The average molecular weight is 484 g/mol. The fourth-order valence-corrected chi connectivity index (χ4v) is 3.38. The van der Waals surface area contributed by atoms with E-state index < -0.39 is 18.0 Å². The topological polar surface area (TPSA) is 114 Å². The molecule has 0 spiro atoms. The molecule has 174 valence electrons. The highest BCUT2D eigenvalue weighted by atomic mass is 32.1. The second-order valence-electron chi connectivity index (χ2n) is 7.83. The van der Waals surface area contributed by atoms with Crippen molar-refractivity contribution in [3.05, 3.63) is 65.1 Å². The molecular formula is C22H19F2N7O2S. The number of hydrogen-bond acceptors (Lipinski definition) is 7. The molecular weight excluding hydrogens is 464 g/mol. The zero-order valence-corrected chi connectivity index (χ0v) is 18.5. The summed E-state index contributed by atoms with van der Waals surface area (Å²) in [6, 6.07) is 6.72. The first-order chi connectivity index (χ1) is 16.5. The summed E-state index contributed by atoms with van der Waals surface area (Å²) in [4.78, 5) is 24.0. The number of nitrogens with zero attached hydrogens (tertiary/aromatic N) is 4. The fourth-order valence-electron chi connectivity index (χ4n) is 3.25. The van der Waals surface area contributed by atoms with Crippen LogP contribution in [0.2, 0.25) is 0 Å². The van der Waals surface area contributed by atoms with Gasteiger partial charge < -0.3 is 20.0 Å². The number of amides is 1. The van der Waals surface area contributed by atoms with Gasteiger partial charge in [-0.05, 0) is 43.0 Å². The third-order valence-corrected chi connectivity index (χ3v) is 5.50. The number of H-pyrrole nitrogens is 1. The van der Waals surface area contributed by atoms with Crippen molar-refractivity contribution >= 4 is 29.6 Å². The van der Waals surface area contributed by atoms with Crippen LogP contribution in [0, 0.1) is 10.6 Å². The van der Waals surface area contributed by atoms with E-state index in [1.54, 1.807) is 30.5 Å². The van der Waals surface area contributed by atoms with Crippen LogP contribution in [0.15, 0.2) is 53.5 Å². The molecule has 9 nitrogen and oxygen atoms in total. The summed E-state index contributed by atoms with van der Waals surface area (Å²) in [5, 5.41) is 9.61. The molecule has 5 rings (SSSR count). The number of anilines is 2.